The van der Waals surface area contributed by atoms with Gasteiger partial charge in [-0.05, 0) is 24.3 Å². The van der Waals surface area contributed by atoms with E-state index in [1.165, 1.54) is 29.0 Å². The monoisotopic (exact) mass is 246 g/mol. The van der Waals surface area contributed by atoms with Crippen LogP contribution in [0.1, 0.15) is 23.8 Å². The Labute approximate surface area is 104 Å². The van der Waals surface area contributed by atoms with E-state index in [-0.39, 0.29) is 0 Å². The summed E-state index contributed by atoms with van der Waals surface area (Å²) in [5.74, 6) is 0.608. The van der Waals surface area contributed by atoms with Gasteiger partial charge in [-0.25, -0.2) is 4.98 Å². The Morgan fingerprint density at radius 3 is 3.35 bits per heavy atom. The number of thiophene rings is 1. The number of ether oxygens (including phenoxy) is 1. The zero-order valence-corrected chi connectivity index (χ0v) is 10.3. The zero-order chi connectivity index (χ0) is 11.2. The first kappa shape index (κ1) is 9.85. The van der Waals surface area contributed by atoms with Crippen molar-refractivity contribution < 1.29 is 4.74 Å². The van der Waals surface area contributed by atoms with Crippen LogP contribution in [0.4, 0.5) is 0 Å². The fourth-order valence-corrected chi connectivity index (χ4v) is 4.17. The Kier molecular flexibility index (Phi) is 2.13. The Balaban J connectivity index is 1.81. The summed E-state index contributed by atoms with van der Waals surface area (Å²) in [7, 11) is 0. The van der Waals surface area contributed by atoms with Crippen LogP contribution >= 0.6 is 11.3 Å². The number of rotatable bonds is 1. The van der Waals surface area contributed by atoms with Gasteiger partial charge in [-0.1, -0.05) is 0 Å². The Hall–Kier alpha value is -1.13. The van der Waals surface area contributed by atoms with Crippen molar-refractivity contribution in [2.24, 2.45) is 5.92 Å². The smallest absolute Gasteiger partial charge is 0.0957 e. The van der Waals surface area contributed by atoms with Crippen molar-refractivity contribution in [1.82, 2.24) is 9.55 Å². The average molecular weight is 246 g/mol. The van der Waals surface area contributed by atoms with Crippen molar-refractivity contribution >= 4 is 11.3 Å². The second kappa shape index (κ2) is 3.68. The highest BCUT2D eigenvalue weighted by molar-refractivity contribution is 7.10. The standard InChI is InChI=1S/C13H14N2OS/c1-2-9(7-16-4-1)12-13-10(3-5-17-13)11-6-14-8-15(11)12/h3,5-6,8-9,12H,1-2,4,7H2/t9?,12-/m0/s1. The van der Waals surface area contributed by atoms with Gasteiger partial charge in [-0.3, -0.25) is 0 Å². The van der Waals surface area contributed by atoms with Crippen LogP contribution < -0.4 is 0 Å². The topological polar surface area (TPSA) is 27.1 Å². The minimum Gasteiger partial charge on any atom is -0.381 e. The van der Waals surface area contributed by atoms with E-state index < -0.39 is 0 Å². The van der Waals surface area contributed by atoms with Crippen LogP contribution in [-0.2, 0) is 4.74 Å². The largest absolute Gasteiger partial charge is 0.381 e. The number of fused-ring (bicyclic) bond motifs is 3. The van der Waals surface area contributed by atoms with E-state index in [2.05, 4.69) is 21.0 Å². The number of imidazole rings is 1. The molecule has 0 bridgehead atoms. The minimum absolute atomic E-state index is 0.461. The Morgan fingerprint density at radius 2 is 2.47 bits per heavy atom. The fraction of sp³-hybridized carbons (Fsp3) is 0.462. The number of aromatic nitrogens is 2. The first-order valence-corrected chi connectivity index (χ1v) is 7.00. The van der Waals surface area contributed by atoms with E-state index in [1.54, 1.807) is 0 Å². The third-order valence-electron chi connectivity index (χ3n) is 3.85. The van der Waals surface area contributed by atoms with E-state index in [0.29, 0.717) is 12.0 Å². The molecule has 0 aromatic carbocycles. The molecule has 4 rings (SSSR count). The second-order valence-electron chi connectivity index (χ2n) is 4.81. The molecule has 0 N–H and O–H groups in total. The van der Waals surface area contributed by atoms with Gasteiger partial charge < -0.3 is 9.30 Å². The summed E-state index contributed by atoms with van der Waals surface area (Å²) in [6.07, 6.45) is 6.40. The molecule has 17 heavy (non-hydrogen) atoms. The lowest BCUT2D eigenvalue weighted by atomic mass is 9.93. The predicted molar refractivity (Wildman–Crippen MR) is 67.2 cm³/mol. The van der Waals surface area contributed by atoms with Crippen molar-refractivity contribution in [3.8, 4) is 11.3 Å². The van der Waals surface area contributed by atoms with Crippen LogP contribution in [0.2, 0.25) is 0 Å². The van der Waals surface area contributed by atoms with Crippen molar-refractivity contribution in [2.45, 2.75) is 18.9 Å². The quantitative estimate of drug-likeness (QED) is 0.773. The summed E-state index contributed by atoms with van der Waals surface area (Å²) in [6, 6.07) is 2.68. The molecule has 1 unspecified atom stereocenters. The van der Waals surface area contributed by atoms with Gasteiger partial charge in [0.1, 0.15) is 0 Å². The van der Waals surface area contributed by atoms with Gasteiger partial charge in [-0.15, -0.1) is 11.3 Å². The minimum atomic E-state index is 0.461. The Morgan fingerprint density at radius 1 is 1.47 bits per heavy atom. The van der Waals surface area contributed by atoms with Gasteiger partial charge in [0.2, 0.25) is 0 Å². The third kappa shape index (κ3) is 1.34. The van der Waals surface area contributed by atoms with Crippen LogP contribution in [-0.4, -0.2) is 22.8 Å². The highest BCUT2D eigenvalue weighted by Gasteiger charge is 2.36. The first-order valence-electron chi connectivity index (χ1n) is 6.12. The van der Waals surface area contributed by atoms with Crippen LogP contribution in [0.3, 0.4) is 0 Å². The maximum atomic E-state index is 5.65. The van der Waals surface area contributed by atoms with Gasteiger partial charge in [0.25, 0.3) is 0 Å². The summed E-state index contributed by atoms with van der Waals surface area (Å²) >= 11 is 1.87. The van der Waals surface area contributed by atoms with Crippen LogP contribution in [0.25, 0.3) is 11.3 Å². The maximum Gasteiger partial charge on any atom is 0.0957 e. The van der Waals surface area contributed by atoms with E-state index in [1.807, 2.05) is 23.9 Å². The molecule has 0 saturated carbocycles. The number of hydrogen-bond donors (Lipinski definition) is 0. The van der Waals surface area contributed by atoms with Crippen molar-refractivity contribution in [3.63, 3.8) is 0 Å². The lowest BCUT2D eigenvalue weighted by Crippen LogP contribution is -2.26. The molecule has 2 atom stereocenters. The summed E-state index contributed by atoms with van der Waals surface area (Å²) in [4.78, 5) is 5.79. The van der Waals surface area contributed by atoms with E-state index in [4.69, 9.17) is 4.74 Å². The molecular weight excluding hydrogens is 232 g/mol. The van der Waals surface area contributed by atoms with Crippen molar-refractivity contribution in [3.05, 3.63) is 28.8 Å². The number of nitrogens with zero attached hydrogens (tertiary/aromatic N) is 2. The van der Waals surface area contributed by atoms with Gasteiger partial charge in [0, 0.05) is 23.0 Å². The third-order valence-corrected chi connectivity index (χ3v) is 4.84. The van der Waals surface area contributed by atoms with Crippen LogP contribution in [0.5, 0.6) is 0 Å². The van der Waals surface area contributed by atoms with Crippen molar-refractivity contribution in [2.75, 3.05) is 13.2 Å². The highest BCUT2D eigenvalue weighted by Crippen LogP contribution is 2.47. The normalized spacial score (nSPS) is 26.8. The summed E-state index contributed by atoms with van der Waals surface area (Å²) in [6.45, 7) is 1.82. The summed E-state index contributed by atoms with van der Waals surface area (Å²) in [5.41, 5.74) is 2.65. The Bertz CT molecular complexity index is 499. The maximum absolute atomic E-state index is 5.65. The van der Waals surface area contributed by atoms with E-state index in [0.717, 1.165) is 13.2 Å². The molecule has 2 aliphatic rings. The molecule has 2 aromatic rings. The predicted octanol–water partition coefficient (Wildman–Crippen LogP) is 2.94. The van der Waals surface area contributed by atoms with Crippen LogP contribution in [0.15, 0.2) is 24.0 Å². The zero-order valence-electron chi connectivity index (χ0n) is 9.50. The summed E-state index contributed by atoms with van der Waals surface area (Å²) < 4.78 is 7.98. The van der Waals surface area contributed by atoms with Gasteiger partial charge in [0.05, 0.1) is 30.9 Å². The molecule has 3 nitrogen and oxygen atoms in total. The molecule has 2 aliphatic heterocycles. The molecular formula is C13H14N2OS. The second-order valence-corrected chi connectivity index (χ2v) is 5.75. The molecule has 2 aromatic heterocycles. The molecule has 4 heterocycles. The van der Waals surface area contributed by atoms with Gasteiger partial charge >= 0.3 is 0 Å². The van der Waals surface area contributed by atoms with Gasteiger partial charge in [-0.2, -0.15) is 0 Å². The fourth-order valence-electron chi connectivity index (χ4n) is 3.08. The molecule has 0 amide bonds. The lowest BCUT2D eigenvalue weighted by Gasteiger charge is -2.28. The van der Waals surface area contributed by atoms with Crippen LogP contribution in [0, 0.1) is 5.92 Å². The van der Waals surface area contributed by atoms with E-state index in [9.17, 15) is 0 Å². The molecule has 88 valence electrons. The van der Waals surface area contributed by atoms with Gasteiger partial charge in [0.15, 0.2) is 0 Å². The number of hydrogen-bond acceptors (Lipinski definition) is 3. The SMILES string of the molecule is c1cc2c(s1)[C@H](C1CCCOC1)n1cncc1-2. The first-order chi connectivity index (χ1) is 8.45. The average Bonchev–Trinajstić information content (AvgIpc) is 3.01. The molecule has 0 radical (unpaired) electrons. The molecule has 4 heteroatoms. The molecule has 1 fully saturated rings. The highest BCUT2D eigenvalue weighted by atomic mass is 32.1. The van der Waals surface area contributed by atoms with Crippen molar-refractivity contribution in [1.29, 1.82) is 0 Å². The molecule has 0 aliphatic carbocycles. The molecule has 0 spiro atoms. The van der Waals surface area contributed by atoms with E-state index >= 15 is 0 Å². The lowest BCUT2D eigenvalue weighted by molar-refractivity contribution is 0.0413. The molecule has 1 saturated heterocycles. The summed E-state index contributed by atoms with van der Waals surface area (Å²) in [5, 5.41) is 2.19.